The molecule has 1 aliphatic heterocycles. The number of hydrogen-bond donors (Lipinski definition) is 0. The van der Waals surface area contributed by atoms with Gasteiger partial charge in [0.15, 0.2) is 12.7 Å². The van der Waals surface area contributed by atoms with Crippen molar-refractivity contribution in [3.05, 3.63) is 95.8 Å². The maximum atomic E-state index is 14.3. The molecule has 0 fully saturated rings. The van der Waals surface area contributed by atoms with E-state index < -0.39 is 0 Å². The van der Waals surface area contributed by atoms with Gasteiger partial charge in [0, 0.05) is 24.1 Å². The predicted molar refractivity (Wildman–Crippen MR) is 123 cm³/mol. The minimum Gasteiger partial charge on any atom is -0.496 e. The Morgan fingerprint density at radius 1 is 1.06 bits per heavy atom. The number of carbonyl (C=O) groups is 1. The van der Waals surface area contributed by atoms with Crippen molar-refractivity contribution in [1.82, 2.24) is 4.90 Å². The first-order chi connectivity index (χ1) is 16.1. The molecule has 0 aliphatic carbocycles. The quantitative estimate of drug-likeness (QED) is 0.486. The average Bonchev–Trinajstić information content (AvgIpc) is 3.32. The highest BCUT2D eigenvalue weighted by molar-refractivity contribution is 6.03. The topological polar surface area (TPSA) is 60.4 Å². The van der Waals surface area contributed by atoms with E-state index in [2.05, 4.69) is 5.16 Å². The van der Waals surface area contributed by atoms with Crippen LogP contribution in [0.5, 0.6) is 11.5 Å². The maximum absolute atomic E-state index is 14.3. The van der Waals surface area contributed by atoms with Crippen molar-refractivity contribution in [2.45, 2.75) is 19.1 Å². The van der Waals surface area contributed by atoms with Gasteiger partial charge >= 0.3 is 0 Å². The molecule has 0 N–H and O–H groups in total. The lowest BCUT2D eigenvalue weighted by molar-refractivity contribution is -0.135. The Balaban J connectivity index is 1.45. The molecule has 1 heterocycles. The molecule has 1 atom stereocenters. The number of amides is 1. The van der Waals surface area contributed by atoms with Crippen LogP contribution in [-0.4, -0.2) is 42.9 Å². The Morgan fingerprint density at radius 2 is 1.79 bits per heavy atom. The molecule has 6 nitrogen and oxygen atoms in total. The van der Waals surface area contributed by atoms with Crippen molar-refractivity contribution in [2.75, 3.05) is 20.3 Å². The van der Waals surface area contributed by atoms with Gasteiger partial charge in [-0.3, -0.25) is 4.79 Å². The van der Waals surface area contributed by atoms with Gasteiger partial charge in [-0.2, -0.15) is 0 Å². The second-order valence-corrected chi connectivity index (χ2v) is 7.64. The molecule has 3 aromatic rings. The molecule has 1 aliphatic rings. The van der Waals surface area contributed by atoms with Gasteiger partial charge in [0.25, 0.3) is 5.91 Å². The number of halogens is 1. The SMILES string of the molecule is COc1ccccc1C1=NO[C@@H](CN(Cc2ccccc2F)C(=O)COc2ccccc2)C1. The van der Waals surface area contributed by atoms with Gasteiger partial charge in [-0.05, 0) is 30.3 Å². The Bertz CT molecular complexity index is 1120. The van der Waals surface area contributed by atoms with Crippen LogP contribution in [0.15, 0.2) is 84.0 Å². The van der Waals surface area contributed by atoms with Gasteiger partial charge < -0.3 is 19.2 Å². The molecule has 0 saturated carbocycles. The van der Waals surface area contributed by atoms with Crippen LogP contribution in [0.25, 0.3) is 0 Å². The van der Waals surface area contributed by atoms with Gasteiger partial charge in [0.2, 0.25) is 0 Å². The molecule has 0 spiro atoms. The molecule has 7 heteroatoms. The average molecular weight is 448 g/mol. The number of para-hydroxylation sites is 2. The lowest BCUT2D eigenvalue weighted by Crippen LogP contribution is -2.40. The van der Waals surface area contributed by atoms with E-state index in [0.29, 0.717) is 23.5 Å². The fourth-order valence-electron chi connectivity index (χ4n) is 3.65. The van der Waals surface area contributed by atoms with Crippen LogP contribution >= 0.6 is 0 Å². The third-order valence-electron chi connectivity index (χ3n) is 5.35. The van der Waals surface area contributed by atoms with E-state index in [1.54, 1.807) is 42.3 Å². The highest BCUT2D eigenvalue weighted by Gasteiger charge is 2.28. The van der Waals surface area contributed by atoms with Crippen LogP contribution in [0.1, 0.15) is 17.5 Å². The van der Waals surface area contributed by atoms with E-state index in [1.165, 1.54) is 6.07 Å². The van der Waals surface area contributed by atoms with Gasteiger partial charge in [-0.1, -0.05) is 53.7 Å². The molecule has 0 aromatic heterocycles. The Morgan fingerprint density at radius 3 is 2.58 bits per heavy atom. The number of oxime groups is 1. The standard InChI is InChI=1S/C26H25FN2O4/c1-31-25-14-8-6-12-22(25)24-15-21(33-28-24)17-29(16-19-9-5-7-13-23(19)27)26(30)18-32-20-10-3-2-4-11-20/h2-14,21H,15-18H2,1H3/t21-/m1/s1. The third-order valence-corrected chi connectivity index (χ3v) is 5.35. The molecular formula is C26H25FN2O4. The van der Waals surface area contributed by atoms with Crippen LogP contribution in [0.4, 0.5) is 4.39 Å². The highest BCUT2D eigenvalue weighted by Crippen LogP contribution is 2.25. The fourth-order valence-corrected chi connectivity index (χ4v) is 3.65. The fraction of sp³-hybridized carbons (Fsp3) is 0.231. The summed E-state index contributed by atoms with van der Waals surface area (Å²) in [4.78, 5) is 20.2. The smallest absolute Gasteiger partial charge is 0.260 e. The summed E-state index contributed by atoms with van der Waals surface area (Å²) in [6.45, 7) is 0.187. The van der Waals surface area contributed by atoms with Crippen LogP contribution in [0, 0.1) is 5.82 Å². The Labute approximate surface area is 192 Å². The number of ether oxygens (including phenoxy) is 2. The number of nitrogens with zero attached hydrogens (tertiary/aromatic N) is 2. The molecule has 0 radical (unpaired) electrons. The first-order valence-corrected chi connectivity index (χ1v) is 10.7. The highest BCUT2D eigenvalue weighted by atomic mass is 19.1. The van der Waals surface area contributed by atoms with Crippen molar-refractivity contribution >= 4 is 11.6 Å². The maximum Gasteiger partial charge on any atom is 0.260 e. The van der Waals surface area contributed by atoms with Crippen LogP contribution < -0.4 is 9.47 Å². The molecule has 1 amide bonds. The largest absolute Gasteiger partial charge is 0.496 e. The van der Waals surface area contributed by atoms with E-state index in [9.17, 15) is 9.18 Å². The molecule has 0 unspecified atom stereocenters. The van der Waals surface area contributed by atoms with E-state index in [0.717, 1.165) is 11.3 Å². The number of rotatable bonds is 9. The number of benzene rings is 3. The molecule has 3 aromatic carbocycles. The Kier molecular flexibility index (Phi) is 7.19. The zero-order chi connectivity index (χ0) is 23.0. The molecular weight excluding hydrogens is 423 g/mol. The van der Waals surface area contributed by atoms with E-state index >= 15 is 0 Å². The van der Waals surface area contributed by atoms with E-state index in [-0.39, 0.29) is 37.5 Å². The molecule has 4 rings (SSSR count). The number of methoxy groups -OCH3 is 1. The summed E-state index contributed by atoms with van der Waals surface area (Å²) in [5, 5.41) is 4.22. The van der Waals surface area contributed by atoms with Crippen molar-refractivity contribution in [3.8, 4) is 11.5 Å². The zero-order valence-corrected chi connectivity index (χ0v) is 18.3. The normalized spacial score (nSPS) is 14.8. The summed E-state index contributed by atoms with van der Waals surface area (Å²) >= 11 is 0. The van der Waals surface area contributed by atoms with Crippen molar-refractivity contribution < 1.29 is 23.5 Å². The van der Waals surface area contributed by atoms with Crippen molar-refractivity contribution in [1.29, 1.82) is 0 Å². The number of hydrogen-bond acceptors (Lipinski definition) is 5. The summed E-state index contributed by atoms with van der Waals surface area (Å²) in [6.07, 6.45) is 0.137. The summed E-state index contributed by atoms with van der Waals surface area (Å²) in [5.41, 5.74) is 2.02. The third kappa shape index (κ3) is 5.68. The van der Waals surface area contributed by atoms with Gasteiger partial charge in [0.05, 0.1) is 19.4 Å². The van der Waals surface area contributed by atoms with Gasteiger partial charge in [0.1, 0.15) is 17.3 Å². The zero-order valence-electron chi connectivity index (χ0n) is 18.3. The van der Waals surface area contributed by atoms with Crippen molar-refractivity contribution in [3.63, 3.8) is 0 Å². The lowest BCUT2D eigenvalue weighted by Gasteiger charge is -2.25. The predicted octanol–water partition coefficient (Wildman–Crippen LogP) is 4.44. The van der Waals surface area contributed by atoms with Crippen LogP contribution in [0.3, 0.4) is 0 Å². The second-order valence-electron chi connectivity index (χ2n) is 7.64. The van der Waals surface area contributed by atoms with Gasteiger partial charge in [-0.25, -0.2) is 4.39 Å². The summed E-state index contributed by atoms with van der Waals surface area (Å²) < 4.78 is 25.4. The van der Waals surface area contributed by atoms with Crippen LogP contribution in [0.2, 0.25) is 0 Å². The first-order valence-electron chi connectivity index (χ1n) is 10.7. The monoisotopic (exact) mass is 448 g/mol. The van der Waals surface area contributed by atoms with Crippen molar-refractivity contribution in [2.24, 2.45) is 5.16 Å². The molecule has 170 valence electrons. The second kappa shape index (κ2) is 10.6. The minimum atomic E-state index is -0.364. The summed E-state index contributed by atoms with van der Waals surface area (Å²) in [6, 6.07) is 23.1. The summed E-state index contributed by atoms with van der Waals surface area (Å²) in [5.74, 6) is 0.667. The van der Waals surface area contributed by atoms with Gasteiger partial charge in [-0.15, -0.1) is 0 Å². The first kappa shape index (κ1) is 22.3. The molecule has 33 heavy (non-hydrogen) atoms. The lowest BCUT2D eigenvalue weighted by atomic mass is 10.0. The minimum absolute atomic E-state index is 0.105. The van der Waals surface area contributed by atoms with Crippen LogP contribution in [-0.2, 0) is 16.2 Å². The van der Waals surface area contributed by atoms with E-state index in [1.807, 2.05) is 42.5 Å². The molecule has 0 bridgehead atoms. The molecule has 0 saturated heterocycles. The number of carbonyl (C=O) groups excluding carboxylic acids is 1. The Hall–Kier alpha value is -3.87. The van der Waals surface area contributed by atoms with E-state index in [4.69, 9.17) is 14.3 Å². The summed E-state index contributed by atoms with van der Waals surface area (Å²) in [7, 11) is 1.61.